The molecule has 1 unspecified atom stereocenters. The molecule has 0 spiro atoms. The second-order valence-corrected chi connectivity index (χ2v) is 6.58. The highest BCUT2D eigenvalue weighted by molar-refractivity contribution is 8.00. The Labute approximate surface area is 140 Å². The largest absolute Gasteiger partial charge is 0.497 e. The van der Waals surface area contributed by atoms with E-state index < -0.39 is 0 Å². The van der Waals surface area contributed by atoms with E-state index in [1.807, 2.05) is 42.7 Å². The summed E-state index contributed by atoms with van der Waals surface area (Å²) in [6, 6.07) is 7.71. The second-order valence-electron chi connectivity index (χ2n) is 5.27. The number of carbonyl (C=O) groups excluding carboxylic acids is 1. The highest BCUT2D eigenvalue weighted by Gasteiger charge is 2.21. The molecular weight excluding hydrogens is 312 g/mol. The molecule has 0 aliphatic carbocycles. The van der Waals surface area contributed by atoms with E-state index in [9.17, 15) is 4.79 Å². The standard InChI is InChI=1S/C16H22N4O2S/c1-6-20-14(12-7-9-13(22-5)10-8-12)17-18-16(20)23-11(2)15(21)19(3)4/h7-11H,6H2,1-5H3. The minimum Gasteiger partial charge on any atom is -0.497 e. The van der Waals surface area contributed by atoms with Gasteiger partial charge in [0.05, 0.1) is 12.4 Å². The molecule has 1 amide bonds. The van der Waals surface area contributed by atoms with Crippen LogP contribution >= 0.6 is 11.8 Å². The van der Waals surface area contributed by atoms with Gasteiger partial charge < -0.3 is 14.2 Å². The van der Waals surface area contributed by atoms with Gasteiger partial charge in [0.2, 0.25) is 5.91 Å². The van der Waals surface area contributed by atoms with Gasteiger partial charge in [0.15, 0.2) is 11.0 Å². The first kappa shape index (κ1) is 17.3. The molecule has 0 saturated carbocycles. The number of ether oxygens (including phenoxy) is 1. The van der Waals surface area contributed by atoms with Crippen LogP contribution in [0.25, 0.3) is 11.4 Å². The number of nitrogens with zero attached hydrogens (tertiary/aromatic N) is 4. The molecule has 1 aromatic carbocycles. The molecule has 0 aliphatic heterocycles. The van der Waals surface area contributed by atoms with E-state index in [-0.39, 0.29) is 11.2 Å². The van der Waals surface area contributed by atoms with E-state index in [0.717, 1.165) is 28.8 Å². The topological polar surface area (TPSA) is 60.2 Å². The molecule has 0 bridgehead atoms. The summed E-state index contributed by atoms with van der Waals surface area (Å²) in [6.07, 6.45) is 0. The smallest absolute Gasteiger partial charge is 0.235 e. The lowest BCUT2D eigenvalue weighted by Crippen LogP contribution is -2.29. The van der Waals surface area contributed by atoms with Crippen molar-refractivity contribution in [1.29, 1.82) is 0 Å². The number of benzene rings is 1. The Morgan fingerprint density at radius 2 is 1.96 bits per heavy atom. The summed E-state index contributed by atoms with van der Waals surface area (Å²) in [4.78, 5) is 13.6. The van der Waals surface area contributed by atoms with Gasteiger partial charge in [0, 0.05) is 26.2 Å². The zero-order valence-corrected chi connectivity index (χ0v) is 14.9. The van der Waals surface area contributed by atoms with Crippen LogP contribution in [0.4, 0.5) is 0 Å². The number of hydrogen-bond donors (Lipinski definition) is 0. The molecule has 0 fully saturated rings. The number of carbonyl (C=O) groups is 1. The molecule has 1 atom stereocenters. The lowest BCUT2D eigenvalue weighted by Gasteiger charge is -2.16. The van der Waals surface area contributed by atoms with Gasteiger partial charge in [-0.1, -0.05) is 11.8 Å². The predicted octanol–water partition coefficient (Wildman–Crippen LogP) is 2.54. The molecule has 0 radical (unpaired) electrons. The highest BCUT2D eigenvalue weighted by atomic mass is 32.2. The van der Waals surface area contributed by atoms with Crippen molar-refractivity contribution in [2.45, 2.75) is 30.8 Å². The van der Waals surface area contributed by atoms with Gasteiger partial charge in [-0.2, -0.15) is 0 Å². The number of hydrogen-bond acceptors (Lipinski definition) is 5. The van der Waals surface area contributed by atoms with Crippen LogP contribution < -0.4 is 4.74 Å². The average molecular weight is 334 g/mol. The van der Waals surface area contributed by atoms with Crippen molar-refractivity contribution in [1.82, 2.24) is 19.7 Å². The number of rotatable bonds is 6. The van der Waals surface area contributed by atoms with Crippen LogP contribution in [0.2, 0.25) is 0 Å². The first-order valence-corrected chi connectivity index (χ1v) is 8.31. The van der Waals surface area contributed by atoms with Crippen LogP contribution in [0.3, 0.4) is 0 Å². The molecule has 7 heteroatoms. The van der Waals surface area contributed by atoms with Gasteiger partial charge in [-0.05, 0) is 38.1 Å². The molecule has 0 aliphatic rings. The summed E-state index contributed by atoms with van der Waals surface area (Å²) in [6.45, 7) is 4.66. The fourth-order valence-corrected chi connectivity index (χ4v) is 3.25. The monoisotopic (exact) mass is 334 g/mol. The maximum absolute atomic E-state index is 12.0. The number of thioether (sulfide) groups is 1. The van der Waals surface area contributed by atoms with E-state index in [1.165, 1.54) is 11.8 Å². The minimum absolute atomic E-state index is 0.0617. The predicted molar refractivity (Wildman–Crippen MR) is 91.7 cm³/mol. The fourth-order valence-electron chi connectivity index (χ4n) is 2.19. The van der Waals surface area contributed by atoms with Gasteiger partial charge in [-0.3, -0.25) is 4.79 Å². The molecule has 23 heavy (non-hydrogen) atoms. The van der Waals surface area contributed by atoms with Crippen molar-refractivity contribution in [3.8, 4) is 17.1 Å². The fraction of sp³-hybridized carbons (Fsp3) is 0.438. The average Bonchev–Trinajstić information content (AvgIpc) is 2.96. The van der Waals surface area contributed by atoms with Gasteiger partial charge in [0.25, 0.3) is 0 Å². The summed E-state index contributed by atoms with van der Waals surface area (Å²) in [5, 5.41) is 9.10. The summed E-state index contributed by atoms with van der Waals surface area (Å²) < 4.78 is 7.20. The molecule has 2 rings (SSSR count). The normalized spacial score (nSPS) is 12.0. The SMILES string of the molecule is CCn1c(SC(C)C(=O)N(C)C)nnc1-c1ccc(OC)cc1. The zero-order chi connectivity index (χ0) is 17.0. The molecule has 2 aromatic rings. The summed E-state index contributed by atoms with van der Waals surface area (Å²) in [5.74, 6) is 1.66. The van der Waals surface area contributed by atoms with Crippen molar-refractivity contribution >= 4 is 17.7 Å². The van der Waals surface area contributed by atoms with Crippen LogP contribution in [-0.2, 0) is 11.3 Å². The first-order chi connectivity index (χ1) is 11.0. The van der Waals surface area contributed by atoms with Crippen LogP contribution in [0, 0.1) is 0 Å². The van der Waals surface area contributed by atoms with Crippen LogP contribution in [0.5, 0.6) is 5.75 Å². The van der Waals surface area contributed by atoms with E-state index in [4.69, 9.17) is 4.74 Å². The maximum atomic E-state index is 12.0. The Morgan fingerprint density at radius 1 is 1.30 bits per heavy atom. The zero-order valence-electron chi connectivity index (χ0n) is 14.1. The van der Waals surface area contributed by atoms with E-state index in [1.54, 1.807) is 26.1 Å². The number of aromatic nitrogens is 3. The van der Waals surface area contributed by atoms with E-state index in [0.29, 0.717) is 0 Å². The Kier molecular flexibility index (Phi) is 5.65. The molecule has 6 nitrogen and oxygen atoms in total. The van der Waals surface area contributed by atoms with Crippen molar-refractivity contribution in [3.05, 3.63) is 24.3 Å². The molecule has 0 saturated heterocycles. The molecule has 0 N–H and O–H groups in total. The van der Waals surface area contributed by atoms with Gasteiger partial charge in [-0.15, -0.1) is 10.2 Å². The van der Waals surface area contributed by atoms with E-state index in [2.05, 4.69) is 10.2 Å². The third-order valence-corrected chi connectivity index (χ3v) is 4.52. The van der Waals surface area contributed by atoms with Crippen LogP contribution in [0.15, 0.2) is 29.4 Å². The Balaban J connectivity index is 2.27. The Bertz CT molecular complexity index is 667. The van der Waals surface area contributed by atoms with Gasteiger partial charge >= 0.3 is 0 Å². The van der Waals surface area contributed by atoms with Crippen LogP contribution in [0.1, 0.15) is 13.8 Å². The second kappa shape index (κ2) is 7.50. The number of methoxy groups -OCH3 is 1. The lowest BCUT2D eigenvalue weighted by atomic mass is 10.2. The van der Waals surface area contributed by atoms with Gasteiger partial charge in [0.1, 0.15) is 5.75 Å². The Morgan fingerprint density at radius 3 is 2.48 bits per heavy atom. The minimum atomic E-state index is -0.205. The van der Waals surface area contributed by atoms with Crippen molar-refractivity contribution in [2.75, 3.05) is 21.2 Å². The molecule has 1 heterocycles. The Hall–Kier alpha value is -2.02. The van der Waals surface area contributed by atoms with E-state index >= 15 is 0 Å². The third kappa shape index (κ3) is 3.85. The van der Waals surface area contributed by atoms with Crippen molar-refractivity contribution in [3.63, 3.8) is 0 Å². The van der Waals surface area contributed by atoms with Crippen LogP contribution in [-0.4, -0.2) is 52.0 Å². The van der Waals surface area contributed by atoms with Gasteiger partial charge in [-0.25, -0.2) is 0 Å². The molecule has 124 valence electrons. The highest BCUT2D eigenvalue weighted by Crippen LogP contribution is 2.28. The summed E-state index contributed by atoms with van der Waals surface area (Å²) >= 11 is 1.43. The number of amides is 1. The quantitative estimate of drug-likeness (QED) is 0.760. The lowest BCUT2D eigenvalue weighted by molar-refractivity contribution is -0.127. The molecule has 1 aromatic heterocycles. The summed E-state index contributed by atoms with van der Waals surface area (Å²) in [5.41, 5.74) is 0.971. The summed E-state index contributed by atoms with van der Waals surface area (Å²) in [7, 11) is 5.15. The van der Waals surface area contributed by atoms with Crippen molar-refractivity contribution < 1.29 is 9.53 Å². The third-order valence-electron chi connectivity index (χ3n) is 3.45. The first-order valence-electron chi connectivity index (χ1n) is 7.43. The molecular formula is C16H22N4O2S. The van der Waals surface area contributed by atoms with Crippen molar-refractivity contribution in [2.24, 2.45) is 0 Å². The maximum Gasteiger partial charge on any atom is 0.235 e.